The van der Waals surface area contributed by atoms with Gasteiger partial charge in [0.2, 0.25) is 0 Å². The molecule has 4 fully saturated rings. The zero-order chi connectivity index (χ0) is 17.8. The maximum absolute atomic E-state index is 13.5. The summed E-state index contributed by atoms with van der Waals surface area (Å²) in [4.78, 5) is 23.5. The molecule has 0 N–H and O–H groups in total. The first-order valence-corrected chi connectivity index (χ1v) is 10.7. The summed E-state index contributed by atoms with van der Waals surface area (Å²) < 4.78 is 56.6. The van der Waals surface area contributed by atoms with Crippen molar-refractivity contribution >= 4 is 44.6 Å². The van der Waals surface area contributed by atoms with Crippen LogP contribution in [0.4, 0.5) is 4.39 Å². The molecule has 4 rings (SSSR count). The van der Waals surface area contributed by atoms with Crippen molar-refractivity contribution in [1.82, 2.24) is 0 Å². The van der Waals surface area contributed by atoms with Crippen LogP contribution in [0.1, 0.15) is 38.5 Å². The lowest BCUT2D eigenvalue weighted by molar-refractivity contribution is -0.231. The van der Waals surface area contributed by atoms with Gasteiger partial charge in [-0.25, -0.2) is 17.6 Å². The molecular weight excluding hydrogens is 458 g/mol. The summed E-state index contributed by atoms with van der Waals surface area (Å²) in [7, 11) is -5.40. The fourth-order valence-corrected chi connectivity index (χ4v) is 5.42. The summed E-state index contributed by atoms with van der Waals surface area (Å²) >= 11 is 1.90. The zero-order valence-corrected chi connectivity index (χ0v) is 15.7. The Morgan fingerprint density at radius 1 is 1.17 bits per heavy atom. The molecule has 4 saturated carbocycles. The minimum absolute atomic E-state index is 0.169. The van der Waals surface area contributed by atoms with E-state index in [1.54, 1.807) is 0 Å². The van der Waals surface area contributed by atoms with E-state index in [1.807, 2.05) is 22.6 Å². The van der Waals surface area contributed by atoms with Gasteiger partial charge in [0.1, 0.15) is 21.3 Å². The van der Waals surface area contributed by atoms with Crippen LogP contribution in [0.5, 0.6) is 0 Å². The Morgan fingerprint density at radius 3 is 2.12 bits per heavy atom. The van der Waals surface area contributed by atoms with Gasteiger partial charge in [-0.1, -0.05) is 22.6 Å². The standard InChI is InChI=1S/C14H18FIO7S/c15-11(24(19,20)21)12(18)23-14-4-8-1-9(5-14)3-13(2-8,7-14)22-10(17)6-16/h8-9,11H,1-7H2,(H,19,20,21)/p-1. The van der Waals surface area contributed by atoms with Crippen molar-refractivity contribution < 1.29 is 36.4 Å². The van der Waals surface area contributed by atoms with Crippen LogP contribution < -0.4 is 0 Å². The maximum atomic E-state index is 13.5. The predicted octanol–water partition coefficient (Wildman–Crippen LogP) is 1.44. The number of ether oxygens (including phenoxy) is 2. The number of carbonyl (C=O) groups is 2. The minimum atomic E-state index is -5.40. The van der Waals surface area contributed by atoms with Crippen LogP contribution >= 0.6 is 22.6 Å². The Bertz CT molecular complexity index is 650. The van der Waals surface area contributed by atoms with E-state index in [4.69, 9.17) is 9.47 Å². The topological polar surface area (TPSA) is 110 Å². The summed E-state index contributed by atoms with van der Waals surface area (Å²) in [5, 5.41) is 0. The summed E-state index contributed by atoms with van der Waals surface area (Å²) in [5.74, 6) is -1.68. The molecule has 3 atom stereocenters. The maximum Gasteiger partial charge on any atom is 0.356 e. The van der Waals surface area contributed by atoms with Crippen LogP contribution in [0.25, 0.3) is 0 Å². The van der Waals surface area contributed by atoms with Gasteiger partial charge < -0.3 is 14.0 Å². The largest absolute Gasteiger partial charge is 0.745 e. The molecule has 0 radical (unpaired) electrons. The number of hydrogen-bond acceptors (Lipinski definition) is 7. The fraction of sp³-hybridized carbons (Fsp3) is 0.857. The van der Waals surface area contributed by atoms with Crippen LogP contribution in [-0.4, -0.2) is 46.0 Å². The van der Waals surface area contributed by atoms with E-state index in [9.17, 15) is 27.0 Å². The average Bonchev–Trinajstić information content (AvgIpc) is 2.42. The molecule has 0 aromatic heterocycles. The quantitative estimate of drug-likeness (QED) is 0.256. The summed E-state index contributed by atoms with van der Waals surface area (Å²) in [6.45, 7) is 0. The molecular formula is C14H17FIO7S-. The van der Waals surface area contributed by atoms with Gasteiger partial charge in [0.25, 0.3) is 5.50 Å². The lowest BCUT2D eigenvalue weighted by Gasteiger charge is -2.60. The van der Waals surface area contributed by atoms with Crippen molar-refractivity contribution in [2.24, 2.45) is 11.8 Å². The molecule has 4 aliphatic carbocycles. The first-order chi connectivity index (χ1) is 11.1. The summed E-state index contributed by atoms with van der Waals surface area (Å²) in [6.07, 6.45) is 3.44. The van der Waals surface area contributed by atoms with Gasteiger partial charge in [-0.05, 0) is 43.9 Å². The Hall–Kier alpha value is -0.490. The monoisotopic (exact) mass is 475 g/mol. The Morgan fingerprint density at radius 2 is 1.67 bits per heavy atom. The highest BCUT2D eigenvalue weighted by Crippen LogP contribution is 2.60. The highest BCUT2D eigenvalue weighted by atomic mass is 127. The van der Waals surface area contributed by atoms with E-state index in [2.05, 4.69) is 0 Å². The van der Waals surface area contributed by atoms with Crippen molar-refractivity contribution in [2.75, 3.05) is 4.43 Å². The second-order valence-corrected chi connectivity index (χ2v) is 9.33. The molecule has 10 heteroatoms. The summed E-state index contributed by atoms with van der Waals surface area (Å²) in [6, 6.07) is 0. The van der Waals surface area contributed by atoms with Crippen LogP contribution in [-0.2, 0) is 29.2 Å². The second-order valence-electron chi connectivity index (χ2n) is 7.16. The van der Waals surface area contributed by atoms with Gasteiger partial charge in [-0.2, -0.15) is 0 Å². The normalized spacial score (nSPS) is 38.6. The molecule has 136 valence electrons. The van der Waals surface area contributed by atoms with E-state index >= 15 is 0 Å². The Balaban J connectivity index is 1.81. The third-order valence-corrected chi connectivity index (χ3v) is 6.47. The van der Waals surface area contributed by atoms with Crippen LogP contribution in [0.3, 0.4) is 0 Å². The molecule has 0 heterocycles. The number of hydrogen-bond donors (Lipinski definition) is 0. The van der Waals surface area contributed by atoms with Crippen molar-refractivity contribution in [1.29, 1.82) is 0 Å². The molecule has 4 bridgehead atoms. The van der Waals surface area contributed by atoms with Gasteiger partial charge in [0, 0.05) is 6.42 Å². The molecule has 0 aromatic rings. The lowest BCUT2D eigenvalue weighted by atomic mass is 9.52. The van der Waals surface area contributed by atoms with E-state index < -0.39 is 32.8 Å². The molecule has 0 aliphatic heterocycles. The number of alkyl halides is 2. The minimum Gasteiger partial charge on any atom is -0.745 e. The lowest BCUT2D eigenvalue weighted by Crippen LogP contribution is -2.62. The number of esters is 2. The second kappa shape index (κ2) is 6.04. The van der Waals surface area contributed by atoms with Crippen LogP contribution in [0, 0.1) is 11.8 Å². The van der Waals surface area contributed by atoms with Crippen molar-refractivity contribution in [3.63, 3.8) is 0 Å². The fourth-order valence-electron chi connectivity index (χ4n) is 4.98. The summed E-state index contributed by atoms with van der Waals surface area (Å²) in [5.41, 5.74) is -5.02. The number of rotatable bonds is 5. The van der Waals surface area contributed by atoms with Gasteiger partial charge in [-0.3, -0.25) is 4.79 Å². The van der Waals surface area contributed by atoms with E-state index in [1.165, 1.54) is 0 Å². The molecule has 0 spiro atoms. The van der Waals surface area contributed by atoms with Gasteiger partial charge >= 0.3 is 11.9 Å². The van der Waals surface area contributed by atoms with Gasteiger partial charge in [0.15, 0.2) is 0 Å². The van der Waals surface area contributed by atoms with Crippen LogP contribution in [0.2, 0.25) is 0 Å². The van der Waals surface area contributed by atoms with E-state index in [-0.39, 0.29) is 28.7 Å². The molecule has 0 amide bonds. The smallest absolute Gasteiger partial charge is 0.356 e. The first kappa shape index (κ1) is 18.3. The van der Waals surface area contributed by atoms with Crippen LogP contribution in [0.15, 0.2) is 0 Å². The van der Waals surface area contributed by atoms with Gasteiger partial charge in [0.05, 0.1) is 4.43 Å². The van der Waals surface area contributed by atoms with Crippen molar-refractivity contribution in [2.45, 2.75) is 55.2 Å². The number of carbonyl (C=O) groups excluding carboxylic acids is 2. The third-order valence-electron chi connectivity index (χ3n) is 5.15. The van der Waals surface area contributed by atoms with Gasteiger partial charge in [-0.15, -0.1) is 0 Å². The predicted molar refractivity (Wildman–Crippen MR) is 85.8 cm³/mol. The molecule has 0 saturated heterocycles. The molecule has 3 unspecified atom stereocenters. The zero-order valence-electron chi connectivity index (χ0n) is 12.7. The third kappa shape index (κ3) is 3.41. The van der Waals surface area contributed by atoms with Crippen molar-refractivity contribution in [3.05, 3.63) is 0 Å². The SMILES string of the molecule is O=C(CI)OC12CC3CC(C1)CC(OC(=O)C(F)S(=O)(=O)[O-])(C3)C2. The highest BCUT2D eigenvalue weighted by Gasteiger charge is 2.61. The number of halogens is 2. The Labute approximate surface area is 152 Å². The van der Waals surface area contributed by atoms with E-state index in [0.29, 0.717) is 25.7 Å². The van der Waals surface area contributed by atoms with Crippen molar-refractivity contribution in [3.8, 4) is 0 Å². The molecule has 0 aromatic carbocycles. The Kier molecular flexibility index (Phi) is 4.61. The molecule has 4 aliphatic rings. The van der Waals surface area contributed by atoms with E-state index in [0.717, 1.165) is 6.42 Å². The first-order valence-electron chi connectivity index (χ1n) is 7.66. The molecule has 24 heavy (non-hydrogen) atoms. The molecule has 7 nitrogen and oxygen atoms in total. The average molecular weight is 475 g/mol. The highest BCUT2D eigenvalue weighted by molar-refractivity contribution is 14.1.